The van der Waals surface area contributed by atoms with Crippen molar-refractivity contribution in [1.82, 2.24) is 9.97 Å². The van der Waals surface area contributed by atoms with Gasteiger partial charge < -0.3 is 15.2 Å². The van der Waals surface area contributed by atoms with Crippen LogP contribution in [0.25, 0.3) is 10.2 Å². The lowest BCUT2D eigenvalue weighted by Gasteiger charge is -2.33. The van der Waals surface area contributed by atoms with Crippen LogP contribution in [0.15, 0.2) is 5.16 Å². The Labute approximate surface area is 144 Å². The maximum atomic E-state index is 9.15. The van der Waals surface area contributed by atoms with E-state index in [0.29, 0.717) is 13.2 Å². The second-order valence-electron chi connectivity index (χ2n) is 5.89. The van der Waals surface area contributed by atoms with E-state index < -0.39 is 0 Å². The first-order valence-electron chi connectivity index (χ1n) is 8.04. The number of nitrogens with one attached hydrogen (secondary N) is 1. The van der Waals surface area contributed by atoms with Gasteiger partial charge in [-0.2, -0.15) is 0 Å². The van der Waals surface area contributed by atoms with Crippen molar-refractivity contribution in [3.05, 3.63) is 10.4 Å². The van der Waals surface area contributed by atoms with Crippen molar-refractivity contribution >= 4 is 39.1 Å². The molecule has 7 heteroatoms. The first kappa shape index (κ1) is 17.0. The largest absolute Gasteiger partial charge is 0.395 e. The van der Waals surface area contributed by atoms with Gasteiger partial charge in [-0.25, -0.2) is 9.97 Å². The molecule has 0 fully saturated rings. The van der Waals surface area contributed by atoms with Gasteiger partial charge in [-0.3, -0.25) is 0 Å². The Morgan fingerprint density at radius 1 is 1.39 bits per heavy atom. The summed E-state index contributed by atoms with van der Waals surface area (Å²) in [5.41, 5.74) is 1.20. The van der Waals surface area contributed by atoms with Gasteiger partial charge in [0.25, 0.3) is 0 Å². The monoisotopic (exact) mass is 353 g/mol. The van der Waals surface area contributed by atoms with E-state index in [2.05, 4.69) is 31.1 Å². The van der Waals surface area contributed by atoms with Crippen LogP contribution in [-0.2, 0) is 17.8 Å². The summed E-state index contributed by atoms with van der Waals surface area (Å²) in [4.78, 5) is 11.7. The molecule has 0 aliphatic carbocycles. The van der Waals surface area contributed by atoms with Crippen LogP contribution < -0.4 is 5.32 Å². The highest BCUT2D eigenvalue weighted by molar-refractivity contribution is 7.99. The van der Waals surface area contributed by atoms with Gasteiger partial charge in [0.05, 0.1) is 24.2 Å². The second kappa shape index (κ2) is 6.93. The highest BCUT2D eigenvalue weighted by Crippen LogP contribution is 2.42. The minimum absolute atomic E-state index is 0.0872. The molecule has 1 aliphatic rings. The number of aromatic nitrogens is 2. The number of nitrogens with zero attached hydrogens (tertiary/aromatic N) is 2. The normalized spacial score (nSPS) is 20.7. The lowest BCUT2D eigenvalue weighted by molar-refractivity contribution is -0.0542. The minimum Gasteiger partial charge on any atom is -0.395 e. The van der Waals surface area contributed by atoms with Crippen LogP contribution in [0.2, 0.25) is 0 Å². The van der Waals surface area contributed by atoms with Gasteiger partial charge in [0.2, 0.25) is 0 Å². The summed E-state index contributed by atoms with van der Waals surface area (Å²) in [5.74, 6) is 1.78. The highest BCUT2D eigenvalue weighted by Gasteiger charge is 2.33. The summed E-state index contributed by atoms with van der Waals surface area (Å²) >= 11 is 3.35. The molecule has 3 heterocycles. The van der Waals surface area contributed by atoms with Gasteiger partial charge in [-0.05, 0) is 24.7 Å². The van der Waals surface area contributed by atoms with Crippen molar-refractivity contribution in [2.75, 3.05) is 24.2 Å². The standard InChI is InChI=1S/C16H23N3O2S2/c1-4-16(3)8-10-11(9-21-16)23-14-12(10)13(17-6-7-20)18-15(19-14)22-5-2/h20H,4-9H2,1-3H3,(H,17,18,19). The van der Waals surface area contributed by atoms with Gasteiger partial charge >= 0.3 is 0 Å². The van der Waals surface area contributed by atoms with Crippen molar-refractivity contribution < 1.29 is 9.84 Å². The fraction of sp³-hybridized carbons (Fsp3) is 0.625. The fourth-order valence-electron chi connectivity index (χ4n) is 2.78. The summed E-state index contributed by atoms with van der Waals surface area (Å²) in [5, 5.41) is 14.3. The van der Waals surface area contributed by atoms with Crippen LogP contribution in [0, 0.1) is 0 Å². The molecule has 2 aromatic heterocycles. The highest BCUT2D eigenvalue weighted by atomic mass is 32.2. The van der Waals surface area contributed by atoms with Crippen LogP contribution in [-0.4, -0.2) is 39.6 Å². The van der Waals surface area contributed by atoms with Gasteiger partial charge in [0.1, 0.15) is 10.6 Å². The number of aliphatic hydroxyl groups is 1. The average molecular weight is 354 g/mol. The van der Waals surface area contributed by atoms with Gasteiger partial charge in [0, 0.05) is 17.8 Å². The van der Waals surface area contributed by atoms with Crippen LogP contribution in [0.5, 0.6) is 0 Å². The Hall–Kier alpha value is -0.890. The van der Waals surface area contributed by atoms with E-state index in [9.17, 15) is 0 Å². The summed E-state index contributed by atoms with van der Waals surface area (Å²) in [6, 6.07) is 0. The lowest BCUT2D eigenvalue weighted by atomic mass is 9.90. The molecule has 0 spiro atoms. The smallest absolute Gasteiger partial charge is 0.190 e. The molecule has 2 N–H and O–H groups in total. The number of aliphatic hydroxyl groups excluding tert-OH is 1. The molecular weight excluding hydrogens is 330 g/mol. The van der Waals surface area contributed by atoms with Crippen LogP contribution >= 0.6 is 23.1 Å². The van der Waals surface area contributed by atoms with Crippen LogP contribution in [0.3, 0.4) is 0 Å². The number of fused-ring (bicyclic) bond motifs is 3. The second-order valence-corrected chi connectivity index (χ2v) is 8.21. The number of thioether (sulfide) groups is 1. The minimum atomic E-state index is -0.119. The maximum absolute atomic E-state index is 9.15. The molecule has 2 aromatic rings. The molecule has 0 saturated heterocycles. The quantitative estimate of drug-likeness (QED) is 0.612. The zero-order chi connectivity index (χ0) is 16.4. The van der Waals surface area contributed by atoms with Gasteiger partial charge in [0.15, 0.2) is 5.16 Å². The predicted octanol–water partition coefficient (Wildman–Crippen LogP) is 3.45. The van der Waals surface area contributed by atoms with Crippen molar-refractivity contribution in [3.8, 4) is 0 Å². The molecule has 1 aliphatic heterocycles. The predicted molar refractivity (Wildman–Crippen MR) is 96.6 cm³/mol. The van der Waals surface area contributed by atoms with Gasteiger partial charge in [-0.1, -0.05) is 25.6 Å². The summed E-state index contributed by atoms with van der Waals surface area (Å²) in [7, 11) is 0. The summed E-state index contributed by atoms with van der Waals surface area (Å²) in [6.45, 7) is 7.66. The molecule has 3 rings (SSSR count). The Balaban J connectivity index is 2.11. The lowest BCUT2D eigenvalue weighted by Crippen LogP contribution is -2.34. The molecule has 5 nitrogen and oxygen atoms in total. The molecule has 1 unspecified atom stereocenters. The van der Waals surface area contributed by atoms with Crippen LogP contribution in [0.1, 0.15) is 37.6 Å². The van der Waals surface area contributed by atoms with Crippen LogP contribution in [0.4, 0.5) is 5.82 Å². The third kappa shape index (κ3) is 3.33. The third-order valence-electron chi connectivity index (χ3n) is 4.24. The topological polar surface area (TPSA) is 67.3 Å². The van der Waals surface area contributed by atoms with E-state index in [1.165, 1.54) is 10.4 Å². The molecule has 1 atom stereocenters. The number of hydrogen-bond donors (Lipinski definition) is 2. The molecule has 23 heavy (non-hydrogen) atoms. The number of anilines is 1. The maximum Gasteiger partial charge on any atom is 0.190 e. The van der Waals surface area contributed by atoms with Crippen molar-refractivity contribution in [2.24, 2.45) is 0 Å². The summed E-state index contributed by atoms with van der Waals surface area (Å²) in [6.07, 6.45) is 1.87. The molecule has 126 valence electrons. The SMILES string of the molecule is CCSc1nc(NCCO)c2c3c(sc2n1)COC(C)(CC)C3. The molecular formula is C16H23N3O2S2. The third-order valence-corrected chi connectivity index (χ3v) is 6.07. The fourth-order valence-corrected chi connectivity index (χ4v) is 4.51. The average Bonchev–Trinajstić information content (AvgIpc) is 2.90. The van der Waals surface area contributed by atoms with Gasteiger partial charge in [-0.15, -0.1) is 11.3 Å². The number of hydrogen-bond acceptors (Lipinski definition) is 7. The summed E-state index contributed by atoms with van der Waals surface area (Å²) < 4.78 is 6.07. The zero-order valence-corrected chi connectivity index (χ0v) is 15.4. The molecule has 0 bridgehead atoms. The molecule has 0 aromatic carbocycles. The van der Waals surface area contributed by atoms with E-state index in [1.807, 2.05) is 0 Å². The van der Waals surface area contributed by atoms with E-state index in [4.69, 9.17) is 14.8 Å². The first-order chi connectivity index (χ1) is 11.1. The number of thiophene rings is 1. The Kier molecular flexibility index (Phi) is 5.10. The Morgan fingerprint density at radius 2 is 2.22 bits per heavy atom. The number of ether oxygens (including phenoxy) is 1. The van der Waals surface area contributed by atoms with Crippen molar-refractivity contribution in [1.29, 1.82) is 0 Å². The molecule has 0 amide bonds. The van der Waals surface area contributed by atoms with E-state index in [0.717, 1.165) is 39.8 Å². The zero-order valence-electron chi connectivity index (χ0n) is 13.8. The van der Waals surface area contributed by atoms with E-state index in [-0.39, 0.29) is 12.2 Å². The van der Waals surface area contributed by atoms with E-state index >= 15 is 0 Å². The first-order valence-corrected chi connectivity index (χ1v) is 9.84. The van der Waals surface area contributed by atoms with Crippen molar-refractivity contribution in [2.45, 2.75) is 51.0 Å². The van der Waals surface area contributed by atoms with E-state index in [1.54, 1.807) is 23.1 Å². The number of rotatable bonds is 6. The molecule has 0 radical (unpaired) electrons. The Bertz CT molecular complexity index is 704. The molecule has 0 saturated carbocycles. The Morgan fingerprint density at radius 3 is 2.91 bits per heavy atom. The van der Waals surface area contributed by atoms with Crippen molar-refractivity contribution in [3.63, 3.8) is 0 Å².